The van der Waals surface area contributed by atoms with Gasteiger partial charge in [-0.15, -0.1) is 11.3 Å². The number of aromatic nitrogens is 1. The van der Waals surface area contributed by atoms with Crippen molar-refractivity contribution in [2.75, 3.05) is 25.9 Å². The molecule has 0 saturated carbocycles. The molecule has 0 unspecified atom stereocenters. The SMILES string of the molecule is CCCN(C(=O)[C@@H](CC(=O)[C@H]1CCCCN1C)[C@@H](C)CC)[C@H](C[C@@H](OC(C)=O)c1nc(C(=O)N[C@@H](Cc2ccc(N)cc2)C[C@H](C)C(=O)O)cs1)C(C)C. The number of likely N-dealkylation sites (N-methyl/N-ethyl adjacent to an activating group) is 1. The Hall–Kier alpha value is -3.84. The molecule has 0 bridgehead atoms. The summed E-state index contributed by atoms with van der Waals surface area (Å²) in [5.74, 6) is -3.07. The van der Waals surface area contributed by atoms with Gasteiger partial charge < -0.3 is 25.8 Å². The minimum Gasteiger partial charge on any atom is -0.481 e. The number of ketones is 1. The number of esters is 1. The summed E-state index contributed by atoms with van der Waals surface area (Å²) in [4.78, 5) is 74.7. The van der Waals surface area contributed by atoms with E-state index in [1.165, 1.54) is 18.3 Å². The number of ether oxygens (including phenoxy) is 1. The van der Waals surface area contributed by atoms with Crippen molar-refractivity contribution in [2.45, 2.75) is 130 Å². The van der Waals surface area contributed by atoms with Gasteiger partial charge in [0, 0.05) is 55.4 Å². The monoisotopic (exact) mass is 769 g/mol. The molecule has 0 radical (unpaired) electrons. The number of thiazole rings is 1. The Balaban J connectivity index is 1.88. The molecule has 2 heterocycles. The second-order valence-corrected chi connectivity index (χ2v) is 16.4. The van der Waals surface area contributed by atoms with Crippen molar-refractivity contribution < 1.29 is 33.8 Å². The Labute approximate surface area is 325 Å². The zero-order chi connectivity index (χ0) is 40.1. The number of carboxylic acid groups (broad SMARTS) is 1. The number of carboxylic acids is 1. The summed E-state index contributed by atoms with van der Waals surface area (Å²) in [5, 5.41) is 14.6. The molecule has 1 aromatic heterocycles. The maximum atomic E-state index is 14.6. The molecule has 12 nitrogen and oxygen atoms in total. The number of nitrogens with two attached hydrogens (primary N) is 1. The number of hydrogen-bond acceptors (Lipinski definition) is 10. The maximum absolute atomic E-state index is 14.6. The number of likely N-dealkylation sites (tertiary alicyclic amines) is 1. The van der Waals surface area contributed by atoms with Crippen molar-refractivity contribution in [2.24, 2.45) is 23.7 Å². The lowest BCUT2D eigenvalue weighted by Crippen LogP contribution is -2.50. The predicted octanol–water partition coefficient (Wildman–Crippen LogP) is 6.54. The van der Waals surface area contributed by atoms with Gasteiger partial charge in [0.2, 0.25) is 5.91 Å². The number of Topliss-reactive ketones (excluding diaryl/α,β-unsaturated/α-hetero) is 1. The fourth-order valence-electron chi connectivity index (χ4n) is 7.38. The molecule has 1 aliphatic rings. The third-order valence-corrected chi connectivity index (χ3v) is 11.7. The Morgan fingerprint density at radius 1 is 1.07 bits per heavy atom. The molecule has 1 aliphatic heterocycles. The summed E-state index contributed by atoms with van der Waals surface area (Å²) in [6.45, 7) is 14.5. The van der Waals surface area contributed by atoms with Crippen LogP contribution in [0.25, 0.3) is 0 Å². The molecule has 1 aromatic carbocycles. The van der Waals surface area contributed by atoms with Crippen LogP contribution in [-0.2, 0) is 30.3 Å². The van der Waals surface area contributed by atoms with Gasteiger partial charge >= 0.3 is 11.9 Å². The number of anilines is 1. The van der Waals surface area contributed by atoms with Gasteiger partial charge in [-0.05, 0) is 75.2 Å². The maximum Gasteiger partial charge on any atom is 0.306 e. The van der Waals surface area contributed by atoms with Crippen LogP contribution in [-0.4, -0.2) is 87.7 Å². The normalized spacial score (nSPS) is 18.2. The van der Waals surface area contributed by atoms with Crippen molar-refractivity contribution in [3.05, 3.63) is 45.9 Å². The summed E-state index contributed by atoms with van der Waals surface area (Å²) in [6.07, 6.45) is 4.58. The molecule has 7 atom stereocenters. The van der Waals surface area contributed by atoms with Gasteiger partial charge in [-0.25, -0.2) is 4.98 Å². The first-order valence-electron chi connectivity index (χ1n) is 19.6. The first-order valence-corrected chi connectivity index (χ1v) is 20.5. The number of carbonyl (C=O) groups is 5. The van der Waals surface area contributed by atoms with Crippen molar-refractivity contribution in [3.8, 4) is 0 Å². The van der Waals surface area contributed by atoms with Gasteiger partial charge in [-0.3, -0.25) is 28.9 Å². The molecule has 0 spiro atoms. The van der Waals surface area contributed by atoms with Gasteiger partial charge in [0.05, 0.1) is 12.0 Å². The first kappa shape index (κ1) is 44.6. The Morgan fingerprint density at radius 2 is 1.76 bits per heavy atom. The highest BCUT2D eigenvalue weighted by Crippen LogP contribution is 2.33. The number of aliphatic carboxylic acids is 1. The molecule has 3 rings (SSSR count). The second kappa shape index (κ2) is 21.3. The van der Waals surface area contributed by atoms with Crippen molar-refractivity contribution in [1.29, 1.82) is 0 Å². The minimum absolute atomic E-state index is 0.00542. The molecular formula is C41H63N5O7S. The molecule has 0 aliphatic carbocycles. The van der Waals surface area contributed by atoms with Gasteiger partial charge in [-0.1, -0.05) is 66.5 Å². The van der Waals surface area contributed by atoms with Crippen LogP contribution in [0.15, 0.2) is 29.6 Å². The van der Waals surface area contributed by atoms with Gasteiger partial charge in [-0.2, -0.15) is 0 Å². The number of hydrogen-bond donors (Lipinski definition) is 3. The van der Waals surface area contributed by atoms with E-state index in [9.17, 15) is 29.1 Å². The Kier molecular flexibility index (Phi) is 17.6. The standard InChI is InChI=1S/C41H63N5O7S/c1-9-18-46(40(50)32(26(5)10-2)22-36(48)34-13-11-12-19-45(34)8)35(25(3)4)23-37(53-28(7)47)39-44-33(24-54-39)38(49)43-31(20-27(6)41(51)52)21-29-14-16-30(42)17-15-29/h14-17,24-27,31-32,34-35,37H,9-13,18-23,42H2,1-8H3,(H,43,49)(H,51,52)/t26-,27-,31+,32-,34+,35+,37+/m0/s1. The van der Waals surface area contributed by atoms with Gasteiger partial charge in [0.25, 0.3) is 5.91 Å². The molecule has 300 valence electrons. The van der Waals surface area contributed by atoms with E-state index in [-0.39, 0.29) is 60.6 Å². The number of nitrogens with zero attached hydrogens (tertiary/aromatic N) is 3. The van der Waals surface area contributed by atoms with E-state index in [0.717, 1.165) is 37.8 Å². The molecule has 4 N–H and O–H groups in total. The molecule has 54 heavy (non-hydrogen) atoms. The lowest BCUT2D eigenvalue weighted by Gasteiger charge is -2.39. The van der Waals surface area contributed by atoms with Crippen LogP contribution in [0.3, 0.4) is 0 Å². The van der Waals surface area contributed by atoms with E-state index in [1.807, 2.05) is 58.7 Å². The largest absolute Gasteiger partial charge is 0.481 e. The summed E-state index contributed by atoms with van der Waals surface area (Å²) in [5.41, 5.74) is 7.47. The van der Waals surface area contributed by atoms with Crippen LogP contribution in [0.2, 0.25) is 0 Å². The zero-order valence-corrected chi connectivity index (χ0v) is 34.3. The van der Waals surface area contributed by atoms with Crippen LogP contribution >= 0.6 is 11.3 Å². The third kappa shape index (κ3) is 12.9. The number of piperidine rings is 1. The van der Waals surface area contributed by atoms with Crippen LogP contribution in [0.1, 0.15) is 127 Å². The lowest BCUT2D eigenvalue weighted by molar-refractivity contribution is -0.150. The van der Waals surface area contributed by atoms with Crippen LogP contribution in [0, 0.1) is 23.7 Å². The van der Waals surface area contributed by atoms with Crippen molar-refractivity contribution >= 4 is 46.6 Å². The molecule has 2 aromatic rings. The molecule has 2 amide bonds. The van der Waals surface area contributed by atoms with Crippen molar-refractivity contribution in [3.63, 3.8) is 0 Å². The van der Waals surface area contributed by atoms with E-state index in [4.69, 9.17) is 10.5 Å². The van der Waals surface area contributed by atoms with E-state index < -0.39 is 41.8 Å². The number of benzene rings is 1. The van der Waals surface area contributed by atoms with Crippen LogP contribution in [0.5, 0.6) is 0 Å². The number of amides is 2. The highest BCUT2D eigenvalue weighted by atomic mass is 32.1. The number of nitrogen functional groups attached to an aromatic ring is 1. The smallest absolute Gasteiger partial charge is 0.306 e. The topological polar surface area (TPSA) is 172 Å². The van der Waals surface area contributed by atoms with Gasteiger partial charge in [0.15, 0.2) is 11.9 Å². The first-order chi connectivity index (χ1) is 25.6. The van der Waals surface area contributed by atoms with E-state index in [1.54, 1.807) is 24.4 Å². The minimum atomic E-state index is -0.957. The zero-order valence-electron chi connectivity index (χ0n) is 33.5. The summed E-state index contributed by atoms with van der Waals surface area (Å²) < 4.78 is 5.86. The molecule has 13 heteroatoms. The van der Waals surface area contributed by atoms with E-state index >= 15 is 0 Å². The summed E-state index contributed by atoms with van der Waals surface area (Å²) >= 11 is 1.20. The number of rotatable bonds is 21. The highest BCUT2D eigenvalue weighted by Gasteiger charge is 2.39. The molecular weight excluding hydrogens is 707 g/mol. The van der Waals surface area contributed by atoms with Crippen molar-refractivity contribution in [1.82, 2.24) is 20.1 Å². The Bertz CT molecular complexity index is 1550. The summed E-state index contributed by atoms with van der Waals surface area (Å²) in [7, 11) is 1.99. The average molecular weight is 770 g/mol. The lowest BCUT2D eigenvalue weighted by atomic mass is 9.82. The van der Waals surface area contributed by atoms with Crippen LogP contribution < -0.4 is 11.1 Å². The quantitative estimate of drug-likeness (QED) is 0.0935. The molecule has 1 fully saturated rings. The van der Waals surface area contributed by atoms with Gasteiger partial charge in [0.1, 0.15) is 10.7 Å². The molecule has 1 saturated heterocycles. The summed E-state index contributed by atoms with van der Waals surface area (Å²) in [6, 6.07) is 6.21. The third-order valence-electron chi connectivity index (χ3n) is 10.8. The second-order valence-electron chi connectivity index (χ2n) is 15.5. The fraction of sp³-hybridized carbons (Fsp3) is 0.659. The number of nitrogens with one attached hydrogen (secondary N) is 1. The Morgan fingerprint density at radius 3 is 2.33 bits per heavy atom. The average Bonchev–Trinajstić information content (AvgIpc) is 3.62. The number of carbonyl (C=O) groups excluding carboxylic acids is 4. The van der Waals surface area contributed by atoms with E-state index in [2.05, 4.69) is 15.2 Å². The predicted molar refractivity (Wildman–Crippen MR) is 212 cm³/mol. The fourth-order valence-corrected chi connectivity index (χ4v) is 8.22. The highest BCUT2D eigenvalue weighted by molar-refractivity contribution is 7.09. The van der Waals surface area contributed by atoms with Crippen LogP contribution in [0.4, 0.5) is 5.69 Å². The van der Waals surface area contributed by atoms with E-state index in [0.29, 0.717) is 30.1 Å².